The molecule has 528 valence electrons. The smallest absolute Gasteiger partial charge is 0.338 e. The summed E-state index contributed by atoms with van der Waals surface area (Å²) in [5, 5.41) is 24.0. The number of methoxy groups -OCH3 is 2. The molecule has 6 heterocycles. The van der Waals surface area contributed by atoms with Crippen LogP contribution in [0.1, 0.15) is 131 Å². The number of aldehydes is 1. The fourth-order valence-electron chi connectivity index (χ4n) is 10.2. The maximum atomic E-state index is 15.0. The molecule has 0 saturated carbocycles. The fourth-order valence-corrected chi connectivity index (χ4v) is 10.6. The number of aromatic carboxylic acids is 1. The van der Waals surface area contributed by atoms with Crippen LogP contribution in [0.25, 0.3) is 0 Å². The SMILES string of the molecule is C.COc1ccc(CN(C(=O)c2cccnc2Cl)C(C(=O)NC(C)(C)C)c2ccc(F)cc2F)cc1.COc1ccc(CN2C(=O)c3cccnc3C2c2ccc(F)cc2F)cc1.O=C(O)c1cccnc1Cl.O=C1NC(O)(c2ccc(F)cc2F)c2ncccc21.O=Cc1ccc(F)cc1F. The summed E-state index contributed by atoms with van der Waals surface area (Å²) in [6, 6.07) is 36.1. The van der Waals surface area contributed by atoms with Gasteiger partial charge in [0.25, 0.3) is 17.7 Å². The van der Waals surface area contributed by atoms with Crippen LogP contribution in [0.4, 0.5) is 35.1 Å². The minimum atomic E-state index is -2.08. The lowest BCUT2D eigenvalue weighted by atomic mass is 9.98. The molecule has 0 radical (unpaired) electrons. The van der Waals surface area contributed by atoms with Crippen LogP contribution in [0.2, 0.25) is 10.3 Å². The maximum Gasteiger partial charge on any atom is 0.338 e. The largest absolute Gasteiger partial charge is 0.497 e. The zero-order valence-electron chi connectivity index (χ0n) is 53.7. The van der Waals surface area contributed by atoms with E-state index in [1.54, 1.807) is 87.5 Å². The van der Waals surface area contributed by atoms with Crippen LogP contribution in [0.15, 0.2) is 195 Å². The van der Waals surface area contributed by atoms with Crippen LogP contribution in [0, 0.1) is 46.5 Å². The summed E-state index contributed by atoms with van der Waals surface area (Å²) >= 11 is 11.6. The normalized spacial score (nSPS) is 14.1. The quantitative estimate of drug-likeness (QED) is 0.0450. The minimum Gasteiger partial charge on any atom is -0.497 e. The van der Waals surface area contributed by atoms with Gasteiger partial charge in [-0.2, -0.15) is 0 Å². The molecule has 6 aromatic carbocycles. The molecule has 4 aromatic heterocycles. The van der Waals surface area contributed by atoms with Crippen LogP contribution < -0.4 is 20.1 Å². The van der Waals surface area contributed by atoms with Gasteiger partial charge in [-0.1, -0.05) is 67.0 Å². The van der Waals surface area contributed by atoms with E-state index in [0.29, 0.717) is 52.8 Å². The molecule has 0 spiro atoms. The Morgan fingerprint density at radius 2 is 1.14 bits per heavy atom. The summed E-state index contributed by atoms with van der Waals surface area (Å²) in [6.45, 7) is 5.47. The zero-order chi connectivity index (χ0) is 73.5. The molecule has 0 aliphatic carbocycles. The van der Waals surface area contributed by atoms with Crippen molar-refractivity contribution in [2.24, 2.45) is 0 Å². The summed E-state index contributed by atoms with van der Waals surface area (Å²) in [4.78, 5) is 90.7. The third-order valence-electron chi connectivity index (χ3n) is 14.8. The zero-order valence-corrected chi connectivity index (χ0v) is 55.3. The number of benzene rings is 6. The highest BCUT2D eigenvalue weighted by atomic mass is 35.5. The lowest BCUT2D eigenvalue weighted by Crippen LogP contribution is -2.49. The number of carbonyl (C=O) groups excluding carboxylic acids is 5. The van der Waals surface area contributed by atoms with E-state index in [1.807, 2.05) is 12.1 Å². The summed E-state index contributed by atoms with van der Waals surface area (Å²) in [5.41, 5.74) is -0.423. The standard InChI is InChI=1S/C26H26ClF2N3O3.C21H16F2N2O2.C13H8F2N2O2.C7H4F2O.C6H4ClNO2.CH4/c1-26(2,3)31-24(33)22(19-12-9-17(28)14-21(19)29)32(15-16-7-10-18(35-4)11-8-16)25(34)20-6-5-13-30-23(20)27;1-27-15-7-4-13(5-8-15)12-25-20(16-9-6-14(22)11-18(16)23)19-17(21(25)26)3-2-10-24-19;14-7-3-4-9(10(15)6-7)13(19)11-8(12(18)17-13)2-1-5-16-11;8-6-2-1-5(4-10)7(9)3-6;7-5-4(6(9)10)2-1-3-8-5;/h5-14,22H,15H2,1-4H3,(H,31,33);2-11,20H,12H2,1H3;1-6,19H,(H,17,18);1-4H;1-3H,(H,9,10);1H4. The van der Waals surface area contributed by atoms with E-state index in [1.165, 1.54) is 79.1 Å². The Morgan fingerprint density at radius 1 is 0.637 bits per heavy atom. The van der Waals surface area contributed by atoms with Crippen molar-refractivity contribution in [3.63, 3.8) is 0 Å². The number of ether oxygens (including phenoxy) is 2. The van der Waals surface area contributed by atoms with Crippen molar-refractivity contribution in [1.82, 2.24) is 40.4 Å². The number of aromatic nitrogens is 4. The van der Waals surface area contributed by atoms with Gasteiger partial charge in [0.05, 0.1) is 47.7 Å². The maximum absolute atomic E-state index is 15.0. The van der Waals surface area contributed by atoms with Crippen molar-refractivity contribution < 1.29 is 83.6 Å². The van der Waals surface area contributed by atoms with Gasteiger partial charge >= 0.3 is 5.97 Å². The van der Waals surface area contributed by atoms with Crippen LogP contribution >= 0.6 is 23.2 Å². The van der Waals surface area contributed by atoms with Gasteiger partial charge in [0.15, 0.2) is 6.29 Å². The number of fused-ring (bicyclic) bond motifs is 2. The summed E-state index contributed by atoms with van der Waals surface area (Å²) in [6.07, 6.45) is 6.16. The molecule has 3 unspecified atom stereocenters. The Kier molecular flexibility index (Phi) is 26.4. The number of carbonyl (C=O) groups is 6. The second-order valence-electron chi connectivity index (χ2n) is 22.8. The predicted molar refractivity (Wildman–Crippen MR) is 360 cm³/mol. The summed E-state index contributed by atoms with van der Waals surface area (Å²) in [5.74, 6) is -8.17. The van der Waals surface area contributed by atoms with Crippen LogP contribution in [0.5, 0.6) is 11.5 Å². The molecule has 0 bridgehead atoms. The number of nitrogens with one attached hydrogen (secondary N) is 2. The van der Waals surface area contributed by atoms with Crippen molar-refractivity contribution in [3.05, 3.63) is 319 Å². The molecule has 102 heavy (non-hydrogen) atoms. The molecule has 28 heteroatoms. The van der Waals surface area contributed by atoms with Crippen molar-refractivity contribution in [1.29, 1.82) is 0 Å². The van der Waals surface area contributed by atoms with Gasteiger partial charge in [-0.3, -0.25) is 33.9 Å². The van der Waals surface area contributed by atoms with Gasteiger partial charge in [0.1, 0.15) is 86.1 Å². The number of pyridine rings is 4. The molecule has 10 aromatic rings. The van der Waals surface area contributed by atoms with E-state index in [4.69, 9.17) is 37.8 Å². The molecule has 3 atom stereocenters. The van der Waals surface area contributed by atoms with Gasteiger partial charge in [-0.25, -0.2) is 49.9 Å². The number of hydrogen-bond donors (Lipinski definition) is 4. The summed E-state index contributed by atoms with van der Waals surface area (Å²) < 4.78 is 118. The molecule has 0 saturated heterocycles. The molecule has 2 aliphatic rings. The molecular formula is C74H62Cl2F8N8O10. The Hall–Kier alpha value is -11.5. The van der Waals surface area contributed by atoms with Crippen LogP contribution in [0.3, 0.4) is 0 Å². The Labute approximate surface area is 589 Å². The van der Waals surface area contributed by atoms with E-state index in [0.717, 1.165) is 48.0 Å². The van der Waals surface area contributed by atoms with Crippen molar-refractivity contribution in [2.75, 3.05) is 14.2 Å². The van der Waals surface area contributed by atoms with Gasteiger partial charge < -0.3 is 40.1 Å². The monoisotopic (exact) mass is 1440 g/mol. The van der Waals surface area contributed by atoms with E-state index in [2.05, 4.69) is 30.6 Å². The van der Waals surface area contributed by atoms with E-state index >= 15 is 4.39 Å². The molecule has 4 amide bonds. The molecule has 4 N–H and O–H groups in total. The predicted octanol–water partition coefficient (Wildman–Crippen LogP) is 14.6. The van der Waals surface area contributed by atoms with Gasteiger partial charge in [0, 0.05) is 84.4 Å². The molecule has 0 fully saturated rings. The Bertz CT molecular complexity index is 4700. The average molecular weight is 1450 g/mol. The highest BCUT2D eigenvalue weighted by Crippen LogP contribution is 2.40. The minimum absolute atomic E-state index is 0. The molecule has 2 aliphatic heterocycles. The Balaban J connectivity index is 0.000000192. The lowest BCUT2D eigenvalue weighted by molar-refractivity contribution is -0.127. The highest BCUT2D eigenvalue weighted by Gasteiger charge is 2.46. The van der Waals surface area contributed by atoms with E-state index < -0.39 is 93.6 Å². The van der Waals surface area contributed by atoms with Crippen LogP contribution in [-0.2, 0) is 23.6 Å². The van der Waals surface area contributed by atoms with Gasteiger partial charge in [-0.05, 0) is 141 Å². The van der Waals surface area contributed by atoms with Crippen molar-refractivity contribution >= 4 is 59.1 Å². The number of nitrogens with zero attached hydrogens (tertiary/aromatic N) is 6. The highest BCUT2D eigenvalue weighted by molar-refractivity contribution is 6.33. The van der Waals surface area contributed by atoms with Gasteiger partial charge in [-0.15, -0.1) is 0 Å². The number of halogens is 10. The third-order valence-corrected chi connectivity index (χ3v) is 15.4. The third kappa shape index (κ3) is 19.1. The first kappa shape index (κ1) is 77.9. The molecule has 18 nitrogen and oxygen atoms in total. The van der Waals surface area contributed by atoms with E-state index in [-0.39, 0.29) is 81.4 Å². The topological polar surface area (TPSA) is 243 Å². The van der Waals surface area contributed by atoms with E-state index in [9.17, 15) is 64.6 Å². The van der Waals surface area contributed by atoms with Crippen molar-refractivity contribution in [3.8, 4) is 11.5 Å². The first-order valence-corrected chi connectivity index (χ1v) is 30.7. The number of hydrogen-bond acceptors (Lipinski definition) is 13. The first-order valence-electron chi connectivity index (χ1n) is 29.9. The average Bonchev–Trinajstić information content (AvgIpc) is 1.59. The van der Waals surface area contributed by atoms with Gasteiger partial charge in [0.2, 0.25) is 11.6 Å². The second-order valence-corrected chi connectivity index (χ2v) is 23.6. The number of carboxylic acid groups (broad SMARTS) is 1. The second kappa shape index (κ2) is 34.5. The number of aliphatic hydroxyl groups is 1. The van der Waals surface area contributed by atoms with Crippen LogP contribution in [-0.4, -0.2) is 95.6 Å². The lowest BCUT2D eigenvalue weighted by Gasteiger charge is -2.34. The number of rotatable bonds is 14. The number of amides is 4. The molecular weight excluding hydrogens is 1380 g/mol. The van der Waals surface area contributed by atoms with Crippen molar-refractivity contribution in [2.45, 2.75) is 64.6 Å². The Morgan fingerprint density at radius 3 is 1.66 bits per heavy atom. The number of carboxylic acids is 1. The molecule has 12 rings (SSSR count). The first-order chi connectivity index (χ1) is 48.0. The summed E-state index contributed by atoms with van der Waals surface area (Å²) in [7, 11) is 3.11. The fraction of sp³-hybridized carbons (Fsp3) is 0.162.